The van der Waals surface area contributed by atoms with Gasteiger partial charge in [-0.3, -0.25) is 0 Å². The smallest absolute Gasteiger partial charge is 0.0587 e. The Morgan fingerprint density at radius 2 is 2.06 bits per heavy atom. The van der Waals surface area contributed by atoms with E-state index >= 15 is 0 Å². The van der Waals surface area contributed by atoms with Crippen LogP contribution in [0.25, 0.3) is 0 Å². The first-order valence-electron chi connectivity index (χ1n) is 6.84. The maximum Gasteiger partial charge on any atom is 0.0587 e. The van der Waals surface area contributed by atoms with Crippen LogP contribution in [-0.4, -0.2) is 50.8 Å². The fourth-order valence-corrected chi connectivity index (χ4v) is 3.11. The van der Waals surface area contributed by atoms with Gasteiger partial charge in [0.1, 0.15) is 0 Å². The van der Waals surface area contributed by atoms with Crippen LogP contribution in [0.4, 0.5) is 0 Å². The molecule has 1 aliphatic carbocycles. The first-order chi connectivity index (χ1) is 7.90. The van der Waals surface area contributed by atoms with Crippen LogP contribution in [0.15, 0.2) is 0 Å². The second kappa shape index (κ2) is 6.58. The normalized spacial score (nSPS) is 27.9. The van der Waals surface area contributed by atoms with Gasteiger partial charge in [0.05, 0.1) is 6.61 Å². The standard InChI is InChI=1S/C13H26N2O/c1-16-9-7-14-10-12-6-8-15(11-12)13-4-2-3-5-13/h12-14H,2-11H2,1H3. The summed E-state index contributed by atoms with van der Waals surface area (Å²) < 4.78 is 5.04. The molecule has 0 radical (unpaired) electrons. The van der Waals surface area contributed by atoms with Crippen LogP contribution in [-0.2, 0) is 4.74 Å². The minimum Gasteiger partial charge on any atom is -0.383 e. The van der Waals surface area contributed by atoms with Crippen molar-refractivity contribution in [2.45, 2.75) is 38.1 Å². The molecule has 0 spiro atoms. The number of hydrogen-bond acceptors (Lipinski definition) is 3. The quantitative estimate of drug-likeness (QED) is 0.694. The van der Waals surface area contributed by atoms with E-state index in [9.17, 15) is 0 Å². The van der Waals surface area contributed by atoms with Gasteiger partial charge < -0.3 is 15.0 Å². The van der Waals surface area contributed by atoms with E-state index in [1.165, 1.54) is 51.7 Å². The predicted octanol–water partition coefficient (Wildman–Crippen LogP) is 1.49. The van der Waals surface area contributed by atoms with Crippen LogP contribution in [0.3, 0.4) is 0 Å². The lowest BCUT2D eigenvalue weighted by Gasteiger charge is -2.23. The van der Waals surface area contributed by atoms with Crippen LogP contribution in [0.5, 0.6) is 0 Å². The molecule has 94 valence electrons. The van der Waals surface area contributed by atoms with Gasteiger partial charge in [0, 0.05) is 26.2 Å². The SMILES string of the molecule is COCCNCC1CCN(C2CCCC2)C1. The topological polar surface area (TPSA) is 24.5 Å². The Kier molecular flexibility index (Phi) is 5.07. The Balaban J connectivity index is 1.59. The maximum atomic E-state index is 5.04. The molecule has 3 nitrogen and oxygen atoms in total. The molecule has 3 heteroatoms. The predicted molar refractivity (Wildman–Crippen MR) is 66.7 cm³/mol. The molecule has 0 bridgehead atoms. The average molecular weight is 226 g/mol. The van der Waals surface area contributed by atoms with E-state index in [2.05, 4.69) is 10.2 Å². The Labute approximate surface area is 99.5 Å². The van der Waals surface area contributed by atoms with Gasteiger partial charge >= 0.3 is 0 Å². The molecular weight excluding hydrogens is 200 g/mol. The summed E-state index contributed by atoms with van der Waals surface area (Å²) in [4.78, 5) is 2.73. The van der Waals surface area contributed by atoms with Crippen LogP contribution >= 0.6 is 0 Å². The molecule has 0 aromatic rings. The van der Waals surface area contributed by atoms with E-state index in [-0.39, 0.29) is 0 Å². The van der Waals surface area contributed by atoms with E-state index in [4.69, 9.17) is 4.74 Å². The summed E-state index contributed by atoms with van der Waals surface area (Å²) >= 11 is 0. The summed E-state index contributed by atoms with van der Waals surface area (Å²) in [6, 6.07) is 0.920. The van der Waals surface area contributed by atoms with E-state index in [1.54, 1.807) is 7.11 Å². The van der Waals surface area contributed by atoms with E-state index in [0.29, 0.717) is 0 Å². The van der Waals surface area contributed by atoms with E-state index in [1.807, 2.05) is 0 Å². The van der Waals surface area contributed by atoms with Crippen molar-refractivity contribution in [1.29, 1.82) is 0 Å². The molecule has 1 N–H and O–H groups in total. The molecule has 2 fully saturated rings. The molecule has 1 unspecified atom stereocenters. The number of hydrogen-bond donors (Lipinski definition) is 1. The van der Waals surface area contributed by atoms with Crippen molar-refractivity contribution in [2.75, 3.05) is 39.9 Å². The molecule has 1 aliphatic heterocycles. The molecule has 2 aliphatic rings. The van der Waals surface area contributed by atoms with Gasteiger partial charge in [-0.15, -0.1) is 0 Å². The largest absolute Gasteiger partial charge is 0.383 e. The van der Waals surface area contributed by atoms with Crippen molar-refractivity contribution in [3.63, 3.8) is 0 Å². The summed E-state index contributed by atoms with van der Waals surface area (Å²) in [7, 11) is 1.76. The Bertz CT molecular complexity index is 192. The third kappa shape index (κ3) is 3.44. The van der Waals surface area contributed by atoms with Crippen LogP contribution < -0.4 is 5.32 Å². The summed E-state index contributed by atoms with van der Waals surface area (Å²) in [6.45, 7) is 5.66. The second-order valence-corrected chi connectivity index (χ2v) is 5.28. The highest BCUT2D eigenvalue weighted by Gasteiger charge is 2.29. The summed E-state index contributed by atoms with van der Waals surface area (Å²) in [5.74, 6) is 0.873. The minimum absolute atomic E-state index is 0.832. The lowest BCUT2D eigenvalue weighted by molar-refractivity contribution is 0.196. The summed E-state index contributed by atoms with van der Waals surface area (Å²) in [5, 5.41) is 3.49. The van der Waals surface area contributed by atoms with Crippen molar-refractivity contribution >= 4 is 0 Å². The van der Waals surface area contributed by atoms with Crippen molar-refractivity contribution < 1.29 is 4.74 Å². The number of nitrogens with zero attached hydrogens (tertiary/aromatic N) is 1. The zero-order valence-corrected chi connectivity index (χ0v) is 10.6. The third-order valence-electron chi connectivity index (χ3n) is 4.07. The highest BCUT2D eigenvalue weighted by atomic mass is 16.5. The fraction of sp³-hybridized carbons (Fsp3) is 1.00. The zero-order chi connectivity index (χ0) is 11.2. The lowest BCUT2D eigenvalue weighted by atomic mass is 10.1. The molecule has 0 amide bonds. The zero-order valence-electron chi connectivity index (χ0n) is 10.6. The van der Waals surface area contributed by atoms with Gasteiger partial charge in [-0.05, 0) is 38.3 Å². The van der Waals surface area contributed by atoms with Crippen molar-refractivity contribution in [3.05, 3.63) is 0 Å². The summed E-state index contributed by atoms with van der Waals surface area (Å²) in [5.41, 5.74) is 0. The van der Waals surface area contributed by atoms with E-state index < -0.39 is 0 Å². The molecule has 1 heterocycles. The molecule has 2 rings (SSSR count). The van der Waals surface area contributed by atoms with Gasteiger partial charge in [-0.25, -0.2) is 0 Å². The first kappa shape index (κ1) is 12.3. The molecule has 16 heavy (non-hydrogen) atoms. The van der Waals surface area contributed by atoms with Gasteiger partial charge in [0.15, 0.2) is 0 Å². The van der Waals surface area contributed by atoms with Crippen LogP contribution in [0.1, 0.15) is 32.1 Å². The molecule has 1 saturated heterocycles. The van der Waals surface area contributed by atoms with Crippen LogP contribution in [0, 0.1) is 5.92 Å². The highest BCUT2D eigenvalue weighted by Crippen LogP contribution is 2.28. The van der Waals surface area contributed by atoms with Gasteiger partial charge in [0.2, 0.25) is 0 Å². The number of methoxy groups -OCH3 is 1. The van der Waals surface area contributed by atoms with Crippen molar-refractivity contribution in [1.82, 2.24) is 10.2 Å². The fourth-order valence-electron chi connectivity index (χ4n) is 3.11. The Hall–Kier alpha value is -0.120. The number of rotatable bonds is 6. The Morgan fingerprint density at radius 1 is 1.25 bits per heavy atom. The second-order valence-electron chi connectivity index (χ2n) is 5.28. The molecule has 1 atom stereocenters. The molecule has 1 saturated carbocycles. The van der Waals surface area contributed by atoms with Crippen molar-refractivity contribution in [3.8, 4) is 0 Å². The third-order valence-corrected chi connectivity index (χ3v) is 4.07. The number of ether oxygens (including phenoxy) is 1. The van der Waals surface area contributed by atoms with Gasteiger partial charge in [-0.1, -0.05) is 12.8 Å². The Morgan fingerprint density at radius 3 is 2.81 bits per heavy atom. The highest BCUT2D eigenvalue weighted by molar-refractivity contribution is 4.84. The monoisotopic (exact) mass is 226 g/mol. The number of likely N-dealkylation sites (tertiary alicyclic amines) is 1. The molecule has 0 aromatic heterocycles. The summed E-state index contributed by atoms with van der Waals surface area (Å²) in [6.07, 6.45) is 7.19. The minimum atomic E-state index is 0.832. The van der Waals surface area contributed by atoms with Gasteiger partial charge in [0.25, 0.3) is 0 Å². The molecule has 0 aromatic carbocycles. The first-order valence-corrected chi connectivity index (χ1v) is 6.84. The van der Waals surface area contributed by atoms with Crippen LogP contribution in [0.2, 0.25) is 0 Å². The number of nitrogens with one attached hydrogen (secondary N) is 1. The van der Waals surface area contributed by atoms with E-state index in [0.717, 1.165) is 25.1 Å². The maximum absolute atomic E-state index is 5.04. The molecular formula is C13H26N2O. The lowest BCUT2D eigenvalue weighted by Crippen LogP contribution is -2.33. The van der Waals surface area contributed by atoms with Crippen molar-refractivity contribution in [2.24, 2.45) is 5.92 Å². The average Bonchev–Trinajstić information content (AvgIpc) is 2.94. The van der Waals surface area contributed by atoms with Gasteiger partial charge in [-0.2, -0.15) is 0 Å².